The molecule has 2 aromatic carbocycles. The van der Waals surface area contributed by atoms with Gasteiger partial charge in [0.1, 0.15) is 25.4 Å². The second kappa shape index (κ2) is 26.7. The fourth-order valence-corrected chi connectivity index (χ4v) is 10.2. The lowest BCUT2D eigenvalue weighted by Crippen LogP contribution is -2.51. The Hall–Kier alpha value is -10.0. The van der Waals surface area contributed by atoms with Crippen LogP contribution < -0.4 is 57.7 Å². The van der Waals surface area contributed by atoms with E-state index in [-0.39, 0.29) is 105 Å². The van der Waals surface area contributed by atoms with Crippen LogP contribution in [0.25, 0.3) is 33.4 Å². The molecule has 4 heterocycles. The van der Waals surface area contributed by atoms with Crippen LogP contribution in [0.5, 0.6) is 17.2 Å². The topological polar surface area (TPSA) is 329 Å². The van der Waals surface area contributed by atoms with Crippen molar-refractivity contribution in [1.82, 2.24) is 44.9 Å². The van der Waals surface area contributed by atoms with Gasteiger partial charge in [0.2, 0.25) is 45.3 Å². The quantitative estimate of drug-likeness (QED) is 0.0328. The molecule has 5 amide bonds. The summed E-state index contributed by atoms with van der Waals surface area (Å²) in [6, 6.07) is 19.0. The number of amides is 5. The van der Waals surface area contributed by atoms with Crippen LogP contribution in [0.4, 0.5) is 5.69 Å². The van der Waals surface area contributed by atoms with Crippen LogP contribution in [0.15, 0.2) is 91.6 Å². The molecule has 86 heavy (non-hydrogen) atoms. The third-order valence-corrected chi connectivity index (χ3v) is 15.7. The van der Waals surface area contributed by atoms with Gasteiger partial charge in [0.15, 0.2) is 17.2 Å². The molecular formula is C62H73N10O14+. The summed E-state index contributed by atoms with van der Waals surface area (Å²) in [5.74, 6) is -5.59. The number of rotatable bonds is 23. The number of carbonyl (C=O) groups is 6. The molecule has 0 saturated carbocycles. The number of hydrogen-bond acceptors (Lipinski definition) is 14. The maximum Gasteiger partial charge on any atom is 0.336 e. The lowest BCUT2D eigenvalue weighted by atomic mass is 9.83. The molecule has 5 aromatic rings. The number of aromatic nitrogens is 3. The normalized spacial score (nSPS) is 11.3. The number of aromatic carboxylic acids is 1. The standard InChI is InChI=1S/C62H72N10O14/c1-34-25-47(73)57(80)44(70(34)8)31-64-52(76)17-21-62(22-18-53(77)65-32-45-58(81)48(74)26-35(2)71(45)9,23-19-54(78)66-33-46-59(82)49(75)27-36(3)72(46)10)67-55(79)20-24-63-60(83)37-11-14-40(61(84)85)43(28-37)56-41-15-12-38(68(4)5)29-50(41)86-51-30-39(69(6)7)13-16-42(51)56/h11-16,25-30H,17-24,31-33H2,1-10H3,(H8-,63,64,65,66,67,76,77,78,79,80,81,82,83,84,85)/p+1. The Morgan fingerprint density at radius 1 is 0.581 bits per heavy atom. The van der Waals surface area contributed by atoms with Gasteiger partial charge in [-0.15, -0.1) is 0 Å². The van der Waals surface area contributed by atoms with E-state index in [1.54, 1.807) is 41.9 Å². The largest absolute Gasteiger partial charge is 0.503 e. The van der Waals surface area contributed by atoms with Crippen molar-refractivity contribution < 1.29 is 53.6 Å². The van der Waals surface area contributed by atoms with Gasteiger partial charge in [-0.25, -0.2) is 9.37 Å². The minimum absolute atomic E-state index is 0.0665. The summed E-state index contributed by atoms with van der Waals surface area (Å²) in [5.41, 5.74) is 0.991. The molecule has 0 unspecified atom stereocenters. The summed E-state index contributed by atoms with van der Waals surface area (Å²) in [5, 5.41) is 57.6. The summed E-state index contributed by atoms with van der Waals surface area (Å²) in [6.45, 7) is 3.87. The maximum atomic E-state index is 14.4. The Morgan fingerprint density at radius 2 is 1.06 bits per heavy atom. The highest BCUT2D eigenvalue weighted by atomic mass is 16.4. The molecule has 7 rings (SSSR count). The van der Waals surface area contributed by atoms with Crippen molar-refractivity contribution in [3.05, 3.63) is 154 Å². The van der Waals surface area contributed by atoms with Gasteiger partial charge in [-0.3, -0.25) is 38.4 Å². The van der Waals surface area contributed by atoms with E-state index in [0.29, 0.717) is 44.9 Å². The first-order valence-electron chi connectivity index (χ1n) is 27.7. The van der Waals surface area contributed by atoms with Crippen LogP contribution in [0.3, 0.4) is 0 Å². The van der Waals surface area contributed by atoms with Crippen molar-refractivity contribution in [3.63, 3.8) is 0 Å². The monoisotopic (exact) mass is 1180 g/mol. The predicted molar refractivity (Wildman–Crippen MR) is 322 cm³/mol. The van der Waals surface area contributed by atoms with Crippen LogP contribution in [-0.4, -0.2) is 110 Å². The molecule has 0 spiro atoms. The molecule has 0 saturated heterocycles. The SMILES string of the molecule is Cc1cc(=O)c(O)c(CNC(=O)CCC(CCC(=O)NCc2c(O)c(=O)cc(C)n2C)(CCC(=O)NCc2c(O)c(=O)cc(C)n2C)NC(=O)CCNC(=O)c2ccc(C(=O)O)c(-c3c4ccc(=[N+](C)C)cc-4oc4cc(N(C)C)ccc34)c2)n1C. The van der Waals surface area contributed by atoms with Gasteiger partial charge < -0.3 is 70.0 Å². The molecule has 2 aliphatic rings. The third kappa shape index (κ3) is 14.5. The number of pyridine rings is 3. The molecule has 3 aromatic heterocycles. The number of carboxylic acids is 1. The fourth-order valence-electron chi connectivity index (χ4n) is 10.2. The van der Waals surface area contributed by atoms with Crippen LogP contribution in [-0.2, 0) is 60.0 Å². The van der Waals surface area contributed by atoms with E-state index >= 15 is 0 Å². The molecule has 0 radical (unpaired) electrons. The number of nitrogens with one attached hydrogen (secondary N) is 5. The van der Waals surface area contributed by atoms with E-state index in [0.717, 1.165) is 11.0 Å². The van der Waals surface area contributed by atoms with Crippen LogP contribution in [0, 0.1) is 20.8 Å². The number of anilines is 1. The number of benzene rings is 3. The van der Waals surface area contributed by atoms with Gasteiger partial charge >= 0.3 is 5.97 Å². The van der Waals surface area contributed by atoms with Gasteiger partial charge in [0.05, 0.1) is 48.3 Å². The molecule has 0 fully saturated rings. The summed E-state index contributed by atoms with van der Waals surface area (Å²) < 4.78 is 13.0. The lowest BCUT2D eigenvalue weighted by Gasteiger charge is -2.35. The minimum Gasteiger partial charge on any atom is -0.503 e. The van der Waals surface area contributed by atoms with E-state index < -0.39 is 74.6 Å². The maximum absolute atomic E-state index is 14.4. The average Bonchev–Trinajstić information content (AvgIpc) is 1.59. The van der Waals surface area contributed by atoms with E-state index in [9.17, 15) is 63.6 Å². The Bertz CT molecular complexity index is 3850. The van der Waals surface area contributed by atoms with Gasteiger partial charge in [0, 0.05) is 148 Å². The highest BCUT2D eigenvalue weighted by Gasteiger charge is 2.34. The van der Waals surface area contributed by atoms with Crippen molar-refractivity contribution in [3.8, 4) is 39.7 Å². The number of fused-ring (bicyclic) bond motifs is 2. The average molecular weight is 1180 g/mol. The molecule has 9 N–H and O–H groups in total. The van der Waals surface area contributed by atoms with E-state index in [1.807, 2.05) is 74.1 Å². The van der Waals surface area contributed by atoms with E-state index in [1.165, 1.54) is 50.1 Å². The first-order valence-corrected chi connectivity index (χ1v) is 27.7. The second-order valence-corrected chi connectivity index (χ2v) is 21.9. The van der Waals surface area contributed by atoms with Crippen molar-refractivity contribution in [2.45, 2.75) is 90.9 Å². The second-order valence-electron chi connectivity index (χ2n) is 21.9. The highest BCUT2D eigenvalue weighted by molar-refractivity contribution is 6.09. The van der Waals surface area contributed by atoms with Gasteiger partial charge in [0.25, 0.3) is 5.91 Å². The number of hydrogen-bond donors (Lipinski definition) is 9. The predicted octanol–water partition coefficient (Wildman–Crippen LogP) is 3.40. The summed E-state index contributed by atoms with van der Waals surface area (Å²) in [6.07, 6.45) is -1.96. The highest BCUT2D eigenvalue weighted by Crippen LogP contribution is 2.42. The van der Waals surface area contributed by atoms with Crippen molar-refractivity contribution in [2.75, 3.05) is 39.6 Å². The molecule has 0 atom stereocenters. The first kappa shape index (κ1) is 63.6. The minimum atomic E-state index is -1.54. The van der Waals surface area contributed by atoms with Crippen molar-refractivity contribution in [2.24, 2.45) is 21.1 Å². The zero-order valence-electron chi connectivity index (χ0n) is 49.8. The summed E-state index contributed by atoms with van der Waals surface area (Å²) in [7, 11) is 12.3. The third-order valence-electron chi connectivity index (χ3n) is 15.7. The molecule has 0 bridgehead atoms. The van der Waals surface area contributed by atoms with Crippen LogP contribution in [0.1, 0.15) is 99.8 Å². The number of carboxylic acid groups (broad SMARTS) is 1. The van der Waals surface area contributed by atoms with Crippen LogP contribution in [0.2, 0.25) is 0 Å². The summed E-state index contributed by atoms with van der Waals surface area (Å²) >= 11 is 0. The number of aryl methyl sites for hydroxylation is 3. The number of aromatic hydroxyl groups is 3. The zero-order valence-corrected chi connectivity index (χ0v) is 49.8. The van der Waals surface area contributed by atoms with Crippen molar-refractivity contribution >= 4 is 52.2 Å². The lowest BCUT2D eigenvalue weighted by molar-refractivity contribution is -0.127. The molecule has 1 aliphatic carbocycles. The van der Waals surface area contributed by atoms with E-state index in [2.05, 4.69) is 26.6 Å². The summed E-state index contributed by atoms with van der Waals surface area (Å²) in [4.78, 5) is 122. The Kier molecular flexibility index (Phi) is 19.7. The van der Waals surface area contributed by atoms with Crippen LogP contribution >= 0.6 is 0 Å². The Balaban J connectivity index is 1.18. The van der Waals surface area contributed by atoms with E-state index in [4.69, 9.17) is 4.42 Å². The fraction of sp³-hybridized carbons (Fsp3) is 0.355. The van der Waals surface area contributed by atoms with Gasteiger partial charge in [-0.1, -0.05) is 0 Å². The Morgan fingerprint density at radius 3 is 1.50 bits per heavy atom. The number of nitrogens with zero attached hydrogens (tertiary/aromatic N) is 5. The molecule has 1 aliphatic heterocycles. The zero-order chi connectivity index (χ0) is 63.1. The first-order chi connectivity index (χ1) is 40.6. The van der Waals surface area contributed by atoms with Crippen molar-refractivity contribution in [1.29, 1.82) is 0 Å². The Labute approximate surface area is 494 Å². The van der Waals surface area contributed by atoms with Gasteiger partial charge in [-0.05, 0) is 82.0 Å². The van der Waals surface area contributed by atoms with Gasteiger partial charge in [-0.2, -0.15) is 0 Å². The number of carbonyl (C=O) groups excluding carboxylic acids is 5. The molecule has 454 valence electrons. The smallest absolute Gasteiger partial charge is 0.336 e. The molecular weight excluding hydrogens is 1110 g/mol. The molecule has 24 nitrogen and oxygen atoms in total. The molecule has 24 heteroatoms.